The van der Waals surface area contributed by atoms with E-state index in [0.29, 0.717) is 4.88 Å². The molecule has 4 nitrogen and oxygen atoms in total. The number of hydrogen-bond acceptors (Lipinski definition) is 4. The van der Waals surface area contributed by atoms with Crippen LogP contribution in [0.2, 0.25) is 0 Å². The molecule has 1 amide bonds. The molecular formula is C19H17NO3S. The highest BCUT2D eigenvalue weighted by atomic mass is 32.1. The number of carbonyl (C=O) groups is 2. The van der Waals surface area contributed by atoms with Gasteiger partial charge >= 0.3 is 5.97 Å². The molecule has 0 saturated carbocycles. The van der Waals surface area contributed by atoms with Crippen LogP contribution >= 0.6 is 11.3 Å². The lowest BCUT2D eigenvalue weighted by molar-refractivity contribution is -0.119. The zero-order valence-electron chi connectivity index (χ0n) is 13.5. The molecular weight excluding hydrogens is 322 g/mol. The lowest BCUT2D eigenvalue weighted by Crippen LogP contribution is -2.21. The van der Waals surface area contributed by atoms with E-state index < -0.39 is 5.97 Å². The van der Waals surface area contributed by atoms with Crippen LogP contribution in [0.3, 0.4) is 0 Å². The van der Waals surface area contributed by atoms with Gasteiger partial charge in [-0.3, -0.25) is 4.79 Å². The Kier molecular flexibility index (Phi) is 4.62. The van der Waals surface area contributed by atoms with Crippen LogP contribution in [0.15, 0.2) is 48.5 Å². The number of benzene rings is 2. The number of carbonyl (C=O) groups excluding carboxylic acids is 2. The molecule has 0 fully saturated rings. The Bertz CT molecular complexity index is 881. The first-order valence-electron chi connectivity index (χ1n) is 7.56. The van der Waals surface area contributed by atoms with Crippen molar-refractivity contribution < 1.29 is 14.3 Å². The fourth-order valence-electron chi connectivity index (χ4n) is 2.34. The molecule has 3 rings (SSSR count). The Labute approximate surface area is 144 Å². The van der Waals surface area contributed by atoms with Gasteiger partial charge in [0.2, 0.25) is 0 Å². The van der Waals surface area contributed by atoms with Crippen molar-refractivity contribution in [2.24, 2.45) is 0 Å². The average Bonchev–Trinajstić information content (AvgIpc) is 3.00. The van der Waals surface area contributed by atoms with Crippen LogP contribution in [0.1, 0.15) is 20.8 Å². The number of anilines is 1. The van der Waals surface area contributed by atoms with Crippen LogP contribution in [0.4, 0.5) is 5.69 Å². The first-order chi connectivity index (χ1) is 11.5. The van der Waals surface area contributed by atoms with Crippen molar-refractivity contribution >= 4 is 39.0 Å². The minimum absolute atomic E-state index is 0.305. The van der Waals surface area contributed by atoms with E-state index in [2.05, 4.69) is 5.32 Å². The number of hydrogen-bond donors (Lipinski definition) is 1. The van der Waals surface area contributed by atoms with Crippen molar-refractivity contribution in [2.75, 3.05) is 11.9 Å². The molecule has 1 N–H and O–H groups in total. The number of amides is 1. The number of ether oxygens (including phenoxy) is 1. The molecule has 0 atom stereocenters. The summed E-state index contributed by atoms with van der Waals surface area (Å²) in [6, 6.07) is 15.3. The highest BCUT2D eigenvalue weighted by Crippen LogP contribution is 2.25. The second-order valence-corrected chi connectivity index (χ2v) is 6.67. The summed E-state index contributed by atoms with van der Waals surface area (Å²) in [6.45, 7) is 3.56. The van der Waals surface area contributed by atoms with Crippen LogP contribution in [0, 0.1) is 13.8 Å². The molecule has 122 valence electrons. The fourth-order valence-corrected chi connectivity index (χ4v) is 3.30. The third-order valence-electron chi connectivity index (χ3n) is 3.63. The third kappa shape index (κ3) is 3.63. The zero-order valence-corrected chi connectivity index (χ0v) is 14.3. The van der Waals surface area contributed by atoms with Crippen molar-refractivity contribution in [1.29, 1.82) is 0 Å². The maximum Gasteiger partial charge on any atom is 0.348 e. The van der Waals surface area contributed by atoms with Crippen LogP contribution in [0.25, 0.3) is 10.1 Å². The van der Waals surface area contributed by atoms with E-state index in [9.17, 15) is 9.59 Å². The molecule has 0 aliphatic carbocycles. The van der Waals surface area contributed by atoms with Crippen molar-refractivity contribution in [1.82, 2.24) is 0 Å². The topological polar surface area (TPSA) is 55.4 Å². The van der Waals surface area contributed by atoms with Gasteiger partial charge in [-0.25, -0.2) is 4.79 Å². The normalized spacial score (nSPS) is 10.6. The van der Waals surface area contributed by atoms with E-state index in [1.54, 1.807) is 6.07 Å². The molecule has 24 heavy (non-hydrogen) atoms. The summed E-state index contributed by atoms with van der Waals surface area (Å²) >= 11 is 1.36. The minimum Gasteiger partial charge on any atom is -0.451 e. The lowest BCUT2D eigenvalue weighted by Gasteiger charge is -2.09. The molecule has 0 unspecified atom stereocenters. The SMILES string of the molecule is Cc1ccc(C)c(NC(=O)COC(=O)c2cc3ccccc3s2)c1. The van der Waals surface area contributed by atoms with Gasteiger partial charge in [0.1, 0.15) is 4.88 Å². The second-order valence-electron chi connectivity index (χ2n) is 5.59. The van der Waals surface area contributed by atoms with Crippen LogP contribution in [-0.2, 0) is 9.53 Å². The Hall–Kier alpha value is -2.66. The van der Waals surface area contributed by atoms with Gasteiger partial charge in [-0.1, -0.05) is 30.3 Å². The summed E-state index contributed by atoms with van der Waals surface area (Å²) in [5.74, 6) is -0.828. The standard InChI is InChI=1S/C19H17NO3S/c1-12-7-8-13(2)15(9-12)20-18(21)11-23-19(22)17-10-14-5-3-4-6-16(14)24-17/h3-10H,11H2,1-2H3,(H,20,21). The van der Waals surface area contributed by atoms with Crippen molar-refractivity contribution in [3.05, 3.63) is 64.5 Å². The predicted molar refractivity (Wildman–Crippen MR) is 96.7 cm³/mol. The van der Waals surface area contributed by atoms with Gasteiger partial charge in [0.05, 0.1) is 0 Å². The first kappa shape index (κ1) is 16.2. The first-order valence-corrected chi connectivity index (χ1v) is 8.37. The van der Waals surface area contributed by atoms with E-state index >= 15 is 0 Å². The van der Waals surface area contributed by atoms with Gasteiger partial charge in [-0.2, -0.15) is 0 Å². The maximum atomic E-state index is 12.1. The van der Waals surface area contributed by atoms with Crippen LogP contribution < -0.4 is 5.32 Å². The number of aryl methyl sites for hydroxylation is 2. The minimum atomic E-state index is -0.479. The van der Waals surface area contributed by atoms with E-state index in [1.165, 1.54) is 11.3 Å². The predicted octanol–water partition coefficient (Wildman–Crippen LogP) is 4.31. The van der Waals surface area contributed by atoms with Gasteiger partial charge < -0.3 is 10.1 Å². The molecule has 3 aromatic rings. The molecule has 5 heteroatoms. The Morgan fingerprint density at radius 1 is 1.08 bits per heavy atom. The average molecular weight is 339 g/mol. The van der Waals surface area contributed by atoms with Crippen molar-refractivity contribution in [3.8, 4) is 0 Å². The molecule has 0 saturated heterocycles. The monoisotopic (exact) mass is 339 g/mol. The third-order valence-corrected chi connectivity index (χ3v) is 4.72. The van der Waals surface area contributed by atoms with Crippen LogP contribution in [-0.4, -0.2) is 18.5 Å². The highest BCUT2D eigenvalue weighted by molar-refractivity contribution is 7.20. The number of thiophene rings is 1. The zero-order chi connectivity index (χ0) is 17.1. The van der Waals surface area contributed by atoms with E-state index in [0.717, 1.165) is 26.9 Å². The van der Waals surface area contributed by atoms with E-state index in [-0.39, 0.29) is 12.5 Å². The van der Waals surface area contributed by atoms with Gasteiger partial charge in [0.15, 0.2) is 6.61 Å². The fraction of sp³-hybridized carbons (Fsp3) is 0.158. The summed E-state index contributed by atoms with van der Waals surface area (Å²) in [7, 11) is 0. The molecule has 1 heterocycles. The van der Waals surface area contributed by atoms with Gasteiger partial charge in [0.25, 0.3) is 5.91 Å². The van der Waals surface area contributed by atoms with Crippen LogP contribution in [0.5, 0.6) is 0 Å². The highest BCUT2D eigenvalue weighted by Gasteiger charge is 2.14. The molecule has 0 aliphatic rings. The quantitative estimate of drug-likeness (QED) is 0.721. The Balaban J connectivity index is 1.61. The number of nitrogens with one attached hydrogen (secondary N) is 1. The summed E-state index contributed by atoms with van der Waals surface area (Å²) in [5.41, 5.74) is 2.75. The lowest BCUT2D eigenvalue weighted by atomic mass is 10.1. The van der Waals surface area contributed by atoms with E-state index in [1.807, 2.05) is 56.3 Å². The Morgan fingerprint density at radius 3 is 2.67 bits per heavy atom. The number of esters is 1. The van der Waals surface area contributed by atoms with Crippen molar-refractivity contribution in [2.45, 2.75) is 13.8 Å². The Morgan fingerprint density at radius 2 is 1.88 bits per heavy atom. The summed E-state index contributed by atoms with van der Waals surface area (Å²) in [4.78, 5) is 24.6. The van der Waals surface area contributed by atoms with Gasteiger partial charge in [0, 0.05) is 10.4 Å². The maximum absolute atomic E-state index is 12.1. The molecule has 0 spiro atoms. The molecule has 0 radical (unpaired) electrons. The summed E-state index contributed by atoms with van der Waals surface area (Å²) in [5, 5.41) is 3.77. The summed E-state index contributed by atoms with van der Waals surface area (Å²) < 4.78 is 6.14. The molecule has 0 aliphatic heterocycles. The van der Waals surface area contributed by atoms with Crippen molar-refractivity contribution in [3.63, 3.8) is 0 Å². The second kappa shape index (κ2) is 6.84. The van der Waals surface area contributed by atoms with E-state index in [4.69, 9.17) is 4.74 Å². The smallest absolute Gasteiger partial charge is 0.348 e. The summed E-state index contributed by atoms with van der Waals surface area (Å²) in [6.07, 6.45) is 0. The molecule has 2 aromatic carbocycles. The van der Waals surface area contributed by atoms with Gasteiger partial charge in [-0.05, 0) is 48.6 Å². The van der Waals surface area contributed by atoms with Gasteiger partial charge in [-0.15, -0.1) is 11.3 Å². The number of fused-ring (bicyclic) bond motifs is 1. The molecule has 0 bridgehead atoms. The number of rotatable bonds is 4. The largest absolute Gasteiger partial charge is 0.451 e. The molecule has 1 aromatic heterocycles.